The van der Waals surface area contributed by atoms with E-state index >= 15 is 0 Å². The van der Waals surface area contributed by atoms with Gasteiger partial charge in [0.2, 0.25) is 0 Å². The van der Waals surface area contributed by atoms with E-state index in [9.17, 15) is 20.0 Å². The maximum Gasteiger partial charge on any atom is 0.298 e. The number of carbonyl (C=O) groups is 1. The second-order valence-electron chi connectivity index (χ2n) is 3.95. The average Bonchev–Trinajstić information content (AvgIpc) is 2.47. The number of carbonyl (C=O) groups excluding carboxylic acids is 1. The molecule has 0 saturated heterocycles. The van der Waals surface area contributed by atoms with Gasteiger partial charge in [-0.3, -0.25) is 14.9 Å². The molecule has 2 rings (SSSR count). The Morgan fingerprint density at radius 1 is 1.19 bits per heavy atom. The van der Waals surface area contributed by atoms with Crippen molar-refractivity contribution in [2.45, 2.75) is 0 Å². The number of aldehydes is 1. The van der Waals surface area contributed by atoms with Gasteiger partial charge in [0, 0.05) is 11.1 Å². The number of azo groups is 1. The Morgan fingerprint density at radius 3 is 2.62 bits per heavy atom. The van der Waals surface area contributed by atoms with Gasteiger partial charge in [0.05, 0.1) is 16.2 Å². The molecule has 106 valence electrons. The summed E-state index contributed by atoms with van der Waals surface area (Å²) >= 11 is 5.69. The zero-order valence-electron chi connectivity index (χ0n) is 10.4. The van der Waals surface area contributed by atoms with Crippen molar-refractivity contribution in [3.63, 3.8) is 0 Å². The smallest absolute Gasteiger partial charge is 0.298 e. The summed E-state index contributed by atoms with van der Waals surface area (Å²) in [7, 11) is 0. The lowest BCUT2D eigenvalue weighted by molar-refractivity contribution is -0.384. The Balaban J connectivity index is 2.38. The number of hydrogen-bond donors (Lipinski definition) is 1. The summed E-state index contributed by atoms with van der Waals surface area (Å²) in [5.74, 6) is -0.179. The Hall–Kier alpha value is -2.80. The predicted octanol–water partition coefficient (Wildman–Crippen LogP) is 4.18. The quantitative estimate of drug-likeness (QED) is 0.396. The molecule has 1 N–H and O–H groups in total. The number of benzene rings is 2. The number of rotatable bonds is 4. The van der Waals surface area contributed by atoms with Crippen molar-refractivity contribution in [3.8, 4) is 5.75 Å². The predicted molar refractivity (Wildman–Crippen MR) is 75.8 cm³/mol. The van der Waals surface area contributed by atoms with Crippen LogP contribution in [0.2, 0.25) is 5.02 Å². The van der Waals surface area contributed by atoms with Crippen LogP contribution in [0.5, 0.6) is 5.75 Å². The summed E-state index contributed by atoms with van der Waals surface area (Å²) < 4.78 is 0. The van der Waals surface area contributed by atoms with Gasteiger partial charge in [0.1, 0.15) is 5.75 Å². The van der Waals surface area contributed by atoms with Gasteiger partial charge in [0.15, 0.2) is 12.0 Å². The zero-order chi connectivity index (χ0) is 15.4. The van der Waals surface area contributed by atoms with E-state index in [1.165, 1.54) is 36.4 Å². The van der Waals surface area contributed by atoms with Gasteiger partial charge in [-0.2, -0.15) is 5.11 Å². The molecule has 0 fully saturated rings. The fourth-order valence-electron chi connectivity index (χ4n) is 1.54. The lowest BCUT2D eigenvalue weighted by atomic mass is 10.2. The molecule has 0 atom stereocenters. The highest BCUT2D eigenvalue weighted by molar-refractivity contribution is 6.30. The van der Waals surface area contributed by atoms with Crippen LogP contribution in [0.4, 0.5) is 17.1 Å². The highest BCUT2D eigenvalue weighted by Crippen LogP contribution is 2.32. The third-order valence-corrected chi connectivity index (χ3v) is 2.78. The highest BCUT2D eigenvalue weighted by atomic mass is 35.5. The second kappa shape index (κ2) is 6.10. The first kappa shape index (κ1) is 14.6. The van der Waals surface area contributed by atoms with Crippen molar-refractivity contribution >= 4 is 34.9 Å². The lowest BCUT2D eigenvalue weighted by Crippen LogP contribution is -1.87. The minimum absolute atomic E-state index is 0.0325. The number of phenols is 1. The standard InChI is InChI=1S/C13H8ClN3O4/c14-9-1-3-11(12(6-9)17(20)21)16-15-10-2-4-13(19)8(5-10)7-18/h1-7,19H. The summed E-state index contributed by atoms with van der Waals surface area (Å²) in [4.78, 5) is 21.0. The fraction of sp³-hybridized carbons (Fsp3) is 0. The molecule has 0 spiro atoms. The summed E-state index contributed by atoms with van der Waals surface area (Å²) in [6.07, 6.45) is 0.471. The van der Waals surface area contributed by atoms with Crippen LogP contribution in [0.15, 0.2) is 46.6 Å². The Kier molecular flexibility index (Phi) is 4.24. The Morgan fingerprint density at radius 2 is 1.95 bits per heavy atom. The average molecular weight is 306 g/mol. The van der Waals surface area contributed by atoms with E-state index in [-0.39, 0.29) is 33.4 Å². The molecule has 7 nitrogen and oxygen atoms in total. The van der Waals surface area contributed by atoms with Crippen LogP contribution in [0.3, 0.4) is 0 Å². The molecular formula is C13H8ClN3O4. The summed E-state index contributed by atoms with van der Waals surface area (Å²) in [6, 6.07) is 8.01. The van der Waals surface area contributed by atoms with Gasteiger partial charge < -0.3 is 5.11 Å². The SMILES string of the molecule is O=Cc1cc(N=Nc2ccc(Cl)cc2[N+](=O)[O-])ccc1O. The summed E-state index contributed by atoms with van der Waals surface area (Å²) in [5, 5.41) is 28.1. The van der Waals surface area contributed by atoms with E-state index in [0.717, 1.165) is 0 Å². The minimum atomic E-state index is -0.617. The number of nitro groups is 1. The van der Waals surface area contributed by atoms with Crippen molar-refractivity contribution in [3.05, 3.63) is 57.1 Å². The van der Waals surface area contributed by atoms with Crippen LogP contribution in [0.25, 0.3) is 0 Å². The molecule has 0 aliphatic rings. The molecule has 0 saturated carbocycles. The number of phenolic OH excluding ortho intramolecular Hbond substituents is 1. The molecule has 0 bridgehead atoms. The normalized spacial score (nSPS) is 10.7. The van der Waals surface area contributed by atoms with Gasteiger partial charge in [-0.05, 0) is 30.3 Å². The Labute approximate surface area is 123 Å². The molecule has 2 aromatic carbocycles. The van der Waals surface area contributed by atoms with Gasteiger partial charge in [-0.25, -0.2) is 0 Å². The molecule has 0 aliphatic heterocycles. The van der Waals surface area contributed by atoms with E-state index in [1.54, 1.807) is 0 Å². The largest absolute Gasteiger partial charge is 0.507 e. The van der Waals surface area contributed by atoms with E-state index in [4.69, 9.17) is 11.6 Å². The molecule has 0 unspecified atom stereocenters. The first-order valence-corrected chi connectivity index (χ1v) is 6.03. The zero-order valence-corrected chi connectivity index (χ0v) is 11.2. The van der Waals surface area contributed by atoms with E-state index in [1.807, 2.05) is 0 Å². The molecule has 0 amide bonds. The van der Waals surface area contributed by atoms with Crippen LogP contribution in [-0.2, 0) is 0 Å². The topological polar surface area (TPSA) is 105 Å². The second-order valence-corrected chi connectivity index (χ2v) is 4.39. The van der Waals surface area contributed by atoms with Crippen LogP contribution < -0.4 is 0 Å². The summed E-state index contributed by atoms with van der Waals surface area (Å²) in [6.45, 7) is 0. The fourth-order valence-corrected chi connectivity index (χ4v) is 1.70. The van der Waals surface area contributed by atoms with Gasteiger partial charge in [-0.1, -0.05) is 11.6 Å². The maximum absolute atomic E-state index is 10.9. The monoisotopic (exact) mass is 305 g/mol. The number of halogens is 1. The van der Waals surface area contributed by atoms with E-state index < -0.39 is 4.92 Å². The number of nitrogens with zero attached hydrogens (tertiary/aromatic N) is 3. The van der Waals surface area contributed by atoms with Gasteiger partial charge in [0.25, 0.3) is 5.69 Å². The first-order chi connectivity index (χ1) is 10.0. The molecule has 0 heterocycles. The van der Waals surface area contributed by atoms with Crippen molar-refractivity contribution < 1.29 is 14.8 Å². The molecule has 8 heteroatoms. The Bertz CT molecular complexity index is 746. The maximum atomic E-state index is 10.9. The minimum Gasteiger partial charge on any atom is -0.507 e. The van der Waals surface area contributed by atoms with Crippen LogP contribution in [0.1, 0.15) is 10.4 Å². The molecule has 2 aromatic rings. The van der Waals surface area contributed by atoms with Crippen molar-refractivity contribution in [1.82, 2.24) is 0 Å². The van der Waals surface area contributed by atoms with Crippen molar-refractivity contribution in [1.29, 1.82) is 0 Å². The van der Waals surface area contributed by atoms with Gasteiger partial charge >= 0.3 is 0 Å². The number of aromatic hydroxyl groups is 1. The highest BCUT2D eigenvalue weighted by Gasteiger charge is 2.14. The lowest BCUT2D eigenvalue weighted by Gasteiger charge is -1.99. The van der Waals surface area contributed by atoms with E-state index in [2.05, 4.69) is 10.2 Å². The molecule has 0 aliphatic carbocycles. The first-order valence-electron chi connectivity index (χ1n) is 5.65. The number of hydrogen-bond acceptors (Lipinski definition) is 6. The summed E-state index contributed by atoms with van der Waals surface area (Å²) in [5.41, 5.74) is 0.0852. The van der Waals surface area contributed by atoms with Crippen LogP contribution >= 0.6 is 11.6 Å². The van der Waals surface area contributed by atoms with Crippen molar-refractivity contribution in [2.24, 2.45) is 10.2 Å². The molecule has 0 radical (unpaired) electrons. The van der Waals surface area contributed by atoms with Crippen LogP contribution in [0, 0.1) is 10.1 Å². The number of nitro benzene ring substituents is 1. The van der Waals surface area contributed by atoms with Crippen molar-refractivity contribution in [2.75, 3.05) is 0 Å². The van der Waals surface area contributed by atoms with Gasteiger partial charge in [-0.15, -0.1) is 5.11 Å². The molecule has 0 aromatic heterocycles. The van der Waals surface area contributed by atoms with Crippen LogP contribution in [-0.4, -0.2) is 16.3 Å². The third kappa shape index (κ3) is 3.40. The van der Waals surface area contributed by atoms with E-state index in [0.29, 0.717) is 6.29 Å². The molecule has 21 heavy (non-hydrogen) atoms. The molecular weight excluding hydrogens is 298 g/mol. The third-order valence-electron chi connectivity index (χ3n) is 2.55.